The lowest BCUT2D eigenvalue weighted by Crippen LogP contribution is -2.21. The van der Waals surface area contributed by atoms with Crippen LogP contribution in [0.4, 0.5) is 11.5 Å². The summed E-state index contributed by atoms with van der Waals surface area (Å²) in [5.41, 5.74) is 2.02. The van der Waals surface area contributed by atoms with Gasteiger partial charge in [-0.1, -0.05) is 6.07 Å². The van der Waals surface area contributed by atoms with E-state index in [1.54, 1.807) is 41.4 Å². The number of hydrogen-bond acceptors (Lipinski definition) is 4. The zero-order chi connectivity index (χ0) is 14.1. The molecular formula is C15H12N2O3. The minimum atomic E-state index is -0.406. The average molecular weight is 268 g/mol. The second kappa shape index (κ2) is 4.77. The largest absolute Gasteiger partial charge is 0.465 e. The number of rotatable bonds is 2. The Hall–Kier alpha value is -2.69. The summed E-state index contributed by atoms with van der Waals surface area (Å²) in [4.78, 5) is 29.4. The maximum absolute atomic E-state index is 12.2. The fourth-order valence-electron chi connectivity index (χ4n) is 2.30. The van der Waals surface area contributed by atoms with E-state index in [1.807, 2.05) is 6.07 Å². The molecule has 0 radical (unpaired) electrons. The molecular weight excluding hydrogens is 256 g/mol. The lowest BCUT2D eigenvalue weighted by Gasteiger charge is -2.16. The summed E-state index contributed by atoms with van der Waals surface area (Å²) in [5, 5.41) is 0. The van der Waals surface area contributed by atoms with Gasteiger partial charge in [0.05, 0.1) is 24.8 Å². The van der Waals surface area contributed by atoms with E-state index < -0.39 is 5.97 Å². The Kier molecular flexibility index (Phi) is 2.95. The molecule has 0 bridgehead atoms. The summed E-state index contributed by atoms with van der Waals surface area (Å²) in [7, 11) is 1.33. The number of nitrogens with zero attached hydrogens (tertiary/aromatic N) is 2. The van der Waals surface area contributed by atoms with Crippen LogP contribution in [-0.2, 0) is 16.0 Å². The van der Waals surface area contributed by atoms with Gasteiger partial charge in [0.1, 0.15) is 5.82 Å². The SMILES string of the molecule is COC(=O)c1ccc2c(c1)CC(=O)N2c1ccccn1. The number of fused-ring (bicyclic) bond motifs is 1. The fourth-order valence-corrected chi connectivity index (χ4v) is 2.30. The van der Waals surface area contributed by atoms with Crippen molar-refractivity contribution in [1.29, 1.82) is 0 Å². The summed E-state index contributed by atoms with van der Waals surface area (Å²) >= 11 is 0. The van der Waals surface area contributed by atoms with Crippen LogP contribution in [-0.4, -0.2) is 24.0 Å². The van der Waals surface area contributed by atoms with Crippen molar-refractivity contribution in [1.82, 2.24) is 4.98 Å². The topological polar surface area (TPSA) is 59.5 Å². The standard InChI is InChI=1S/C15H12N2O3/c1-20-15(19)10-5-6-12-11(8-10)9-14(18)17(12)13-4-2-3-7-16-13/h2-8H,9H2,1H3. The Morgan fingerprint density at radius 2 is 2.15 bits per heavy atom. The van der Waals surface area contributed by atoms with E-state index in [0.717, 1.165) is 11.3 Å². The highest BCUT2D eigenvalue weighted by Crippen LogP contribution is 2.34. The molecule has 0 spiro atoms. The van der Waals surface area contributed by atoms with Crippen molar-refractivity contribution in [3.05, 3.63) is 53.7 Å². The summed E-state index contributed by atoms with van der Waals surface area (Å²) in [5.74, 6) is 0.124. The molecule has 1 aromatic heterocycles. The lowest BCUT2D eigenvalue weighted by atomic mass is 10.1. The Morgan fingerprint density at radius 3 is 2.85 bits per heavy atom. The summed E-state index contributed by atoms with van der Waals surface area (Å²) in [6.45, 7) is 0. The number of hydrogen-bond donors (Lipinski definition) is 0. The molecule has 2 heterocycles. The Balaban J connectivity index is 2.04. The van der Waals surface area contributed by atoms with Crippen molar-refractivity contribution in [3.8, 4) is 0 Å². The number of carbonyl (C=O) groups is 2. The van der Waals surface area contributed by atoms with Crippen molar-refractivity contribution in [3.63, 3.8) is 0 Å². The van der Waals surface area contributed by atoms with Crippen molar-refractivity contribution >= 4 is 23.4 Å². The number of carbonyl (C=O) groups excluding carboxylic acids is 2. The van der Waals surface area contributed by atoms with Gasteiger partial charge in [-0.3, -0.25) is 9.69 Å². The highest BCUT2D eigenvalue weighted by molar-refractivity contribution is 6.07. The molecule has 1 aliphatic heterocycles. The molecule has 1 aliphatic rings. The predicted octanol–water partition coefficient (Wildman–Crippen LogP) is 2.09. The molecule has 100 valence electrons. The molecule has 0 saturated heterocycles. The molecule has 5 nitrogen and oxygen atoms in total. The van der Waals surface area contributed by atoms with E-state index in [4.69, 9.17) is 0 Å². The van der Waals surface area contributed by atoms with Gasteiger partial charge in [-0.15, -0.1) is 0 Å². The van der Waals surface area contributed by atoms with Gasteiger partial charge in [0.15, 0.2) is 0 Å². The lowest BCUT2D eigenvalue weighted by molar-refractivity contribution is -0.116. The Bertz CT molecular complexity index is 683. The molecule has 3 rings (SSSR count). The molecule has 0 unspecified atom stereocenters. The second-order valence-corrected chi connectivity index (χ2v) is 4.43. The Morgan fingerprint density at radius 1 is 1.30 bits per heavy atom. The minimum absolute atomic E-state index is 0.0549. The number of anilines is 2. The van der Waals surface area contributed by atoms with Crippen LogP contribution in [0.1, 0.15) is 15.9 Å². The number of methoxy groups -OCH3 is 1. The number of aromatic nitrogens is 1. The third kappa shape index (κ3) is 1.93. The van der Waals surface area contributed by atoms with Crippen LogP contribution in [0.5, 0.6) is 0 Å². The highest BCUT2D eigenvalue weighted by atomic mass is 16.5. The first-order valence-corrected chi connectivity index (χ1v) is 6.16. The van der Waals surface area contributed by atoms with Gasteiger partial charge in [-0.2, -0.15) is 0 Å². The van der Waals surface area contributed by atoms with Gasteiger partial charge < -0.3 is 4.74 Å². The van der Waals surface area contributed by atoms with Crippen LogP contribution in [0.25, 0.3) is 0 Å². The molecule has 0 atom stereocenters. The third-order valence-electron chi connectivity index (χ3n) is 3.21. The van der Waals surface area contributed by atoms with E-state index in [1.165, 1.54) is 7.11 Å². The third-order valence-corrected chi connectivity index (χ3v) is 3.21. The summed E-state index contributed by atoms with van der Waals surface area (Å²) in [6, 6.07) is 10.5. The smallest absolute Gasteiger partial charge is 0.337 e. The molecule has 20 heavy (non-hydrogen) atoms. The van der Waals surface area contributed by atoms with Crippen LogP contribution < -0.4 is 4.90 Å². The van der Waals surface area contributed by atoms with E-state index in [2.05, 4.69) is 9.72 Å². The van der Waals surface area contributed by atoms with Crippen LogP contribution in [0, 0.1) is 0 Å². The molecule has 1 aromatic carbocycles. The average Bonchev–Trinajstić information content (AvgIpc) is 2.82. The molecule has 2 aromatic rings. The van der Waals surface area contributed by atoms with E-state index in [0.29, 0.717) is 11.4 Å². The van der Waals surface area contributed by atoms with Gasteiger partial charge in [0.25, 0.3) is 0 Å². The number of esters is 1. The molecule has 0 fully saturated rings. The number of amides is 1. The number of pyridine rings is 1. The fraction of sp³-hybridized carbons (Fsp3) is 0.133. The number of benzene rings is 1. The second-order valence-electron chi connectivity index (χ2n) is 4.43. The van der Waals surface area contributed by atoms with Crippen LogP contribution >= 0.6 is 0 Å². The Labute approximate surface area is 115 Å². The van der Waals surface area contributed by atoms with Crippen molar-refractivity contribution in [2.45, 2.75) is 6.42 Å². The monoisotopic (exact) mass is 268 g/mol. The van der Waals surface area contributed by atoms with Crippen molar-refractivity contribution in [2.24, 2.45) is 0 Å². The summed E-state index contributed by atoms with van der Waals surface area (Å²) in [6.07, 6.45) is 1.90. The molecule has 0 N–H and O–H groups in total. The first-order valence-electron chi connectivity index (χ1n) is 6.16. The number of ether oxygens (including phenoxy) is 1. The maximum Gasteiger partial charge on any atom is 0.337 e. The molecule has 0 aliphatic carbocycles. The van der Waals surface area contributed by atoms with Gasteiger partial charge in [0.2, 0.25) is 5.91 Å². The first kappa shape index (κ1) is 12.3. The molecule has 0 saturated carbocycles. The molecule has 5 heteroatoms. The van der Waals surface area contributed by atoms with Gasteiger partial charge in [-0.05, 0) is 35.9 Å². The van der Waals surface area contributed by atoms with Crippen LogP contribution in [0.15, 0.2) is 42.6 Å². The summed E-state index contributed by atoms with van der Waals surface area (Å²) < 4.78 is 4.68. The minimum Gasteiger partial charge on any atom is -0.465 e. The van der Waals surface area contributed by atoms with Gasteiger partial charge in [-0.25, -0.2) is 9.78 Å². The highest BCUT2D eigenvalue weighted by Gasteiger charge is 2.29. The van der Waals surface area contributed by atoms with E-state index in [-0.39, 0.29) is 12.3 Å². The zero-order valence-corrected chi connectivity index (χ0v) is 10.9. The van der Waals surface area contributed by atoms with Crippen molar-refractivity contribution in [2.75, 3.05) is 12.0 Å². The predicted molar refractivity (Wildman–Crippen MR) is 72.9 cm³/mol. The quantitative estimate of drug-likeness (QED) is 0.782. The first-order chi connectivity index (χ1) is 9.70. The van der Waals surface area contributed by atoms with Gasteiger partial charge in [0, 0.05) is 6.20 Å². The van der Waals surface area contributed by atoms with Crippen LogP contribution in [0.2, 0.25) is 0 Å². The maximum atomic E-state index is 12.2. The van der Waals surface area contributed by atoms with E-state index >= 15 is 0 Å². The van der Waals surface area contributed by atoms with Crippen LogP contribution in [0.3, 0.4) is 0 Å². The van der Waals surface area contributed by atoms with E-state index in [9.17, 15) is 9.59 Å². The van der Waals surface area contributed by atoms with Crippen molar-refractivity contribution < 1.29 is 14.3 Å². The molecule has 1 amide bonds. The normalized spacial score (nSPS) is 13.2. The zero-order valence-electron chi connectivity index (χ0n) is 10.9. The van der Waals surface area contributed by atoms with Gasteiger partial charge >= 0.3 is 5.97 Å².